The summed E-state index contributed by atoms with van der Waals surface area (Å²) in [5, 5.41) is 5.10. The molecule has 1 heterocycles. The van der Waals surface area contributed by atoms with Gasteiger partial charge in [-0.2, -0.15) is 0 Å². The van der Waals surface area contributed by atoms with Crippen LogP contribution in [0.4, 0.5) is 5.69 Å². The highest BCUT2D eigenvalue weighted by Gasteiger charge is 2.12. The van der Waals surface area contributed by atoms with E-state index >= 15 is 0 Å². The van der Waals surface area contributed by atoms with Crippen LogP contribution in [0.3, 0.4) is 0 Å². The molecule has 23 heavy (non-hydrogen) atoms. The molecule has 2 rings (SSSR count). The lowest BCUT2D eigenvalue weighted by molar-refractivity contribution is -0.142. The highest BCUT2D eigenvalue weighted by Crippen LogP contribution is 2.33. The maximum Gasteiger partial charge on any atom is 0.331 e. The Morgan fingerprint density at radius 3 is 2.52 bits per heavy atom. The molecule has 2 aromatic rings. The standard InChI is InChI=1S/C15H10Cl3NO3S/c16-9-6-11(17)15(12(18)7-9)19-13(20)8-22-14(21)4-3-10-2-1-5-23-10/h1-7H,8H2,(H,19,20)/b4-3+. The average molecular weight is 391 g/mol. The van der Waals surface area contributed by atoms with Crippen LogP contribution >= 0.6 is 46.1 Å². The highest BCUT2D eigenvalue weighted by atomic mass is 35.5. The summed E-state index contributed by atoms with van der Waals surface area (Å²) in [6.07, 6.45) is 2.86. The van der Waals surface area contributed by atoms with Gasteiger partial charge in [0.15, 0.2) is 6.61 Å². The molecule has 0 aliphatic rings. The normalized spacial score (nSPS) is 10.7. The Balaban J connectivity index is 1.87. The van der Waals surface area contributed by atoms with Gasteiger partial charge in [0.2, 0.25) is 0 Å². The number of carbonyl (C=O) groups is 2. The van der Waals surface area contributed by atoms with Gasteiger partial charge in [-0.1, -0.05) is 40.9 Å². The van der Waals surface area contributed by atoms with Crippen molar-refractivity contribution in [3.63, 3.8) is 0 Å². The van der Waals surface area contributed by atoms with Crippen molar-refractivity contribution in [1.29, 1.82) is 0 Å². The lowest BCUT2D eigenvalue weighted by Crippen LogP contribution is -2.20. The number of anilines is 1. The van der Waals surface area contributed by atoms with Gasteiger partial charge >= 0.3 is 5.97 Å². The molecule has 8 heteroatoms. The van der Waals surface area contributed by atoms with E-state index in [1.165, 1.54) is 29.5 Å². The van der Waals surface area contributed by atoms with Crippen molar-refractivity contribution < 1.29 is 14.3 Å². The van der Waals surface area contributed by atoms with E-state index in [0.29, 0.717) is 5.02 Å². The lowest BCUT2D eigenvalue weighted by Gasteiger charge is -2.09. The number of nitrogens with one attached hydrogen (secondary N) is 1. The molecule has 0 saturated carbocycles. The first-order chi connectivity index (χ1) is 11.0. The first-order valence-corrected chi connectivity index (χ1v) is 8.30. The van der Waals surface area contributed by atoms with Crippen LogP contribution < -0.4 is 5.32 Å². The third-order valence-corrected chi connectivity index (χ3v) is 4.20. The van der Waals surface area contributed by atoms with Gasteiger partial charge in [-0.15, -0.1) is 11.3 Å². The van der Waals surface area contributed by atoms with E-state index in [2.05, 4.69) is 5.32 Å². The van der Waals surface area contributed by atoms with Crippen LogP contribution in [0.1, 0.15) is 4.88 Å². The minimum atomic E-state index is -0.623. The average Bonchev–Trinajstić information content (AvgIpc) is 3.00. The number of hydrogen-bond acceptors (Lipinski definition) is 4. The SMILES string of the molecule is O=C(COC(=O)/C=C/c1cccs1)Nc1c(Cl)cc(Cl)cc1Cl. The quantitative estimate of drug-likeness (QED) is 0.583. The molecular formula is C15H10Cl3NO3S. The highest BCUT2D eigenvalue weighted by molar-refractivity contribution is 7.10. The number of halogens is 3. The first kappa shape index (κ1) is 17.8. The molecule has 0 radical (unpaired) electrons. The van der Waals surface area contributed by atoms with Gasteiger partial charge in [0.25, 0.3) is 5.91 Å². The molecule has 1 N–H and O–H groups in total. The van der Waals surface area contributed by atoms with E-state index in [1.807, 2.05) is 17.5 Å². The number of esters is 1. The van der Waals surface area contributed by atoms with E-state index in [0.717, 1.165) is 4.88 Å². The minimum Gasteiger partial charge on any atom is -0.452 e. The number of benzene rings is 1. The predicted octanol–water partition coefficient (Wildman–Crippen LogP) is 4.90. The van der Waals surface area contributed by atoms with Crippen LogP contribution in [0, 0.1) is 0 Å². The number of rotatable bonds is 5. The Hall–Kier alpha value is -1.53. The second-order valence-electron chi connectivity index (χ2n) is 4.25. The number of carbonyl (C=O) groups excluding carboxylic acids is 2. The van der Waals surface area contributed by atoms with Crippen LogP contribution in [0.2, 0.25) is 15.1 Å². The fraction of sp³-hybridized carbons (Fsp3) is 0.0667. The molecule has 0 aliphatic heterocycles. The number of ether oxygens (including phenoxy) is 1. The summed E-state index contributed by atoms with van der Waals surface area (Å²) in [6, 6.07) is 6.61. The van der Waals surface area contributed by atoms with Gasteiger partial charge in [-0.05, 0) is 29.7 Å². The maximum atomic E-state index is 11.8. The van der Waals surface area contributed by atoms with Gasteiger partial charge in [-0.3, -0.25) is 4.79 Å². The molecule has 0 fully saturated rings. The summed E-state index contributed by atoms with van der Waals surface area (Å²) in [6.45, 7) is -0.455. The fourth-order valence-electron chi connectivity index (χ4n) is 1.56. The third-order valence-electron chi connectivity index (χ3n) is 2.54. The van der Waals surface area contributed by atoms with E-state index in [-0.39, 0.29) is 15.7 Å². The van der Waals surface area contributed by atoms with Crippen molar-refractivity contribution in [3.05, 3.63) is 55.7 Å². The van der Waals surface area contributed by atoms with Crippen LogP contribution in [-0.2, 0) is 14.3 Å². The van der Waals surface area contributed by atoms with E-state index < -0.39 is 18.5 Å². The Kier molecular flexibility index (Phi) is 6.47. The van der Waals surface area contributed by atoms with Crippen molar-refractivity contribution in [2.45, 2.75) is 0 Å². The molecule has 120 valence electrons. The second kappa shape index (κ2) is 8.36. The van der Waals surface area contributed by atoms with Crippen molar-refractivity contribution in [3.8, 4) is 0 Å². The van der Waals surface area contributed by atoms with Gasteiger partial charge in [0.1, 0.15) is 0 Å². The molecule has 0 saturated heterocycles. The molecule has 0 aliphatic carbocycles. The van der Waals surface area contributed by atoms with Gasteiger partial charge < -0.3 is 10.1 Å². The summed E-state index contributed by atoms with van der Waals surface area (Å²) in [5.41, 5.74) is 0.216. The summed E-state index contributed by atoms with van der Waals surface area (Å²) >= 11 is 19.2. The van der Waals surface area contributed by atoms with E-state index in [1.54, 1.807) is 6.08 Å². The molecule has 1 amide bonds. The predicted molar refractivity (Wildman–Crippen MR) is 94.4 cm³/mol. The third kappa shape index (κ3) is 5.55. The molecule has 0 atom stereocenters. The summed E-state index contributed by atoms with van der Waals surface area (Å²) in [4.78, 5) is 24.2. The van der Waals surface area contributed by atoms with Crippen molar-refractivity contribution >= 4 is 69.8 Å². The molecule has 0 bridgehead atoms. The zero-order valence-corrected chi connectivity index (χ0v) is 14.6. The Morgan fingerprint density at radius 2 is 1.91 bits per heavy atom. The summed E-state index contributed by atoms with van der Waals surface area (Å²) < 4.78 is 4.83. The smallest absolute Gasteiger partial charge is 0.331 e. The molecule has 0 unspecified atom stereocenters. The van der Waals surface area contributed by atoms with Crippen molar-refractivity contribution in [2.75, 3.05) is 11.9 Å². The van der Waals surface area contributed by atoms with Crippen molar-refractivity contribution in [1.82, 2.24) is 0 Å². The first-order valence-electron chi connectivity index (χ1n) is 6.28. The summed E-state index contributed by atoms with van der Waals surface area (Å²) in [7, 11) is 0. The largest absolute Gasteiger partial charge is 0.452 e. The van der Waals surface area contributed by atoms with E-state index in [9.17, 15) is 9.59 Å². The number of amides is 1. The second-order valence-corrected chi connectivity index (χ2v) is 6.48. The number of thiophene rings is 1. The molecule has 1 aromatic carbocycles. The Bertz CT molecular complexity index is 721. The van der Waals surface area contributed by atoms with E-state index in [4.69, 9.17) is 39.5 Å². The van der Waals surface area contributed by atoms with Crippen molar-refractivity contribution in [2.24, 2.45) is 0 Å². The van der Waals surface area contributed by atoms with Gasteiger partial charge in [0, 0.05) is 16.0 Å². The maximum absolute atomic E-state index is 11.8. The van der Waals surface area contributed by atoms with Gasteiger partial charge in [-0.25, -0.2) is 4.79 Å². The Morgan fingerprint density at radius 1 is 1.22 bits per heavy atom. The summed E-state index contributed by atoms with van der Waals surface area (Å²) in [5.74, 6) is -1.18. The van der Waals surface area contributed by atoms with Crippen LogP contribution in [0.15, 0.2) is 35.7 Å². The Labute approximate surface area is 151 Å². The molecule has 1 aromatic heterocycles. The van der Waals surface area contributed by atoms with Crippen LogP contribution in [0.25, 0.3) is 6.08 Å². The minimum absolute atomic E-state index is 0.194. The molecule has 4 nitrogen and oxygen atoms in total. The van der Waals surface area contributed by atoms with Crippen LogP contribution in [-0.4, -0.2) is 18.5 Å². The zero-order valence-electron chi connectivity index (χ0n) is 11.5. The number of hydrogen-bond donors (Lipinski definition) is 1. The molecular weight excluding hydrogens is 381 g/mol. The lowest BCUT2D eigenvalue weighted by atomic mass is 10.3. The topological polar surface area (TPSA) is 55.4 Å². The zero-order chi connectivity index (χ0) is 16.8. The fourth-order valence-corrected chi connectivity index (χ4v) is 3.09. The van der Waals surface area contributed by atoms with Gasteiger partial charge in [0.05, 0.1) is 15.7 Å². The monoisotopic (exact) mass is 389 g/mol. The molecule has 0 spiro atoms. The van der Waals surface area contributed by atoms with Crippen LogP contribution in [0.5, 0.6) is 0 Å².